The van der Waals surface area contributed by atoms with Crippen molar-refractivity contribution < 1.29 is 9.63 Å². The van der Waals surface area contributed by atoms with Crippen LogP contribution in [0.4, 0.5) is 0 Å². The molecule has 1 aliphatic rings. The van der Waals surface area contributed by atoms with Crippen molar-refractivity contribution >= 4 is 5.91 Å². The molecule has 1 unspecified atom stereocenters. The molecule has 0 aromatic heterocycles. The van der Waals surface area contributed by atoms with Gasteiger partial charge >= 0.3 is 0 Å². The Morgan fingerprint density at radius 1 is 1.69 bits per heavy atom. The number of nitrogens with zero attached hydrogens (tertiary/aromatic N) is 1. The van der Waals surface area contributed by atoms with E-state index < -0.39 is 0 Å². The van der Waals surface area contributed by atoms with Crippen LogP contribution in [-0.2, 0) is 9.63 Å². The minimum atomic E-state index is 0.212. The SMILES string of the molecule is CCCC(=O)N1CCCC1CON. The monoisotopic (exact) mass is 186 g/mol. The number of rotatable bonds is 4. The third-order valence-electron chi connectivity index (χ3n) is 2.45. The van der Waals surface area contributed by atoms with Gasteiger partial charge in [0.25, 0.3) is 0 Å². The smallest absolute Gasteiger partial charge is 0.222 e. The fraction of sp³-hybridized carbons (Fsp3) is 0.889. The molecule has 0 aromatic rings. The maximum absolute atomic E-state index is 11.6. The van der Waals surface area contributed by atoms with Crippen LogP contribution in [0.15, 0.2) is 0 Å². The van der Waals surface area contributed by atoms with Gasteiger partial charge in [0.2, 0.25) is 5.91 Å². The Hall–Kier alpha value is -0.610. The molecule has 1 amide bonds. The van der Waals surface area contributed by atoms with Gasteiger partial charge in [0, 0.05) is 13.0 Å². The van der Waals surface area contributed by atoms with E-state index in [1.807, 2.05) is 11.8 Å². The topological polar surface area (TPSA) is 55.6 Å². The zero-order valence-electron chi connectivity index (χ0n) is 8.16. The normalized spacial score (nSPS) is 22.3. The van der Waals surface area contributed by atoms with Crippen molar-refractivity contribution in [3.05, 3.63) is 0 Å². The molecule has 0 radical (unpaired) electrons. The van der Waals surface area contributed by atoms with Crippen LogP contribution in [0.2, 0.25) is 0 Å². The first-order chi connectivity index (χ1) is 6.29. The van der Waals surface area contributed by atoms with Gasteiger partial charge in [-0.25, -0.2) is 5.90 Å². The molecule has 1 rings (SSSR count). The lowest BCUT2D eigenvalue weighted by atomic mass is 10.2. The largest absolute Gasteiger partial charge is 0.337 e. The first kappa shape index (κ1) is 10.5. The first-order valence-corrected chi connectivity index (χ1v) is 4.90. The highest BCUT2D eigenvalue weighted by atomic mass is 16.6. The van der Waals surface area contributed by atoms with Gasteiger partial charge in [0.1, 0.15) is 0 Å². The molecule has 1 fully saturated rings. The molecule has 0 aliphatic carbocycles. The zero-order chi connectivity index (χ0) is 9.68. The van der Waals surface area contributed by atoms with Crippen LogP contribution in [0.3, 0.4) is 0 Å². The van der Waals surface area contributed by atoms with Crippen LogP contribution >= 0.6 is 0 Å². The van der Waals surface area contributed by atoms with E-state index in [-0.39, 0.29) is 11.9 Å². The van der Waals surface area contributed by atoms with Gasteiger partial charge in [0.15, 0.2) is 0 Å². The zero-order valence-corrected chi connectivity index (χ0v) is 8.16. The Bertz CT molecular complexity index is 173. The van der Waals surface area contributed by atoms with Crippen LogP contribution in [-0.4, -0.2) is 30.0 Å². The molecule has 0 spiro atoms. The Kier molecular flexibility index (Phi) is 4.18. The average molecular weight is 186 g/mol. The second-order valence-corrected chi connectivity index (χ2v) is 3.47. The van der Waals surface area contributed by atoms with Crippen molar-refractivity contribution in [1.82, 2.24) is 4.90 Å². The Labute approximate surface area is 79.0 Å². The van der Waals surface area contributed by atoms with E-state index in [1.54, 1.807) is 0 Å². The second kappa shape index (κ2) is 5.19. The molecule has 0 saturated carbocycles. The summed E-state index contributed by atoms with van der Waals surface area (Å²) in [5.41, 5.74) is 0. The van der Waals surface area contributed by atoms with E-state index in [9.17, 15) is 4.79 Å². The lowest BCUT2D eigenvalue weighted by molar-refractivity contribution is -0.133. The number of likely N-dealkylation sites (tertiary alicyclic amines) is 1. The van der Waals surface area contributed by atoms with Crippen molar-refractivity contribution in [3.8, 4) is 0 Å². The Balaban J connectivity index is 2.42. The molecule has 0 aromatic carbocycles. The Morgan fingerprint density at radius 2 is 2.46 bits per heavy atom. The van der Waals surface area contributed by atoms with Crippen LogP contribution < -0.4 is 5.90 Å². The molecule has 1 heterocycles. The number of amides is 1. The first-order valence-electron chi connectivity index (χ1n) is 4.90. The summed E-state index contributed by atoms with van der Waals surface area (Å²) < 4.78 is 0. The summed E-state index contributed by atoms with van der Waals surface area (Å²) in [5.74, 6) is 5.24. The summed E-state index contributed by atoms with van der Waals surface area (Å²) in [4.78, 5) is 18.0. The third-order valence-corrected chi connectivity index (χ3v) is 2.45. The highest BCUT2D eigenvalue weighted by molar-refractivity contribution is 5.76. The fourth-order valence-corrected chi connectivity index (χ4v) is 1.81. The van der Waals surface area contributed by atoms with E-state index in [0.717, 1.165) is 25.8 Å². The highest BCUT2D eigenvalue weighted by Gasteiger charge is 2.27. The van der Waals surface area contributed by atoms with E-state index in [2.05, 4.69) is 4.84 Å². The molecule has 4 nitrogen and oxygen atoms in total. The molecule has 13 heavy (non-hydrogen) atoms. The van der Waals surface area contributed by atoms with Gasteiger partial charge in [-0.2, -0.15) is 0 Å². The number of carbonyl (C=O) groups excluding carboxylic acids is 1. The molecular formula is C9H18N2O2. The highest BCUT2D eigenvalue weighted by Crippen LogP contribution is 2.18. The van der Waals surface area contributed by atoms with Crippen LogP contribution in [0.25, 0.3) is 0 Å². The molecule has 2 N–H and O–H groups in total. The van der Waals surface area contributed by atoms with Crippen LogP contribution in [0, 0.1) is 0 Å². The minimum absolute atomic E-state index is 0.212. The third kappa shape index (κ3) is 2.67. The second-order valence-electron chi connectivity index (χ2n) is 3.47. The van der Waals surface area contributed by atoms with Gasteiger partial charge in [-0.1, -0.05) is 6.92 Å². The van der Waals surface area contributed by atoms with Crippen molar-refractivity contribution in [1.29, 1.82) is 0 Å². The van der Waals surface area contributed by atoms with Crippen molar-refractivity contribution in [2.24, 2.45) is 5.90 Å². The molecule has 4 heteroatoms. The van der Waals surface area contributed by atoms with Crippen molar-refractivity contribution in [3.63, 3.8) is 0 Å². The lowest BCUT2D eigenvalue weighted by Gasteiger charge is -2.23. The summed E-state index contributed by atoms with van der Waals surface area (Å²) in [6.45, 7) is 3.35. The number of hydrogen-bond donors (Lipinski definition) is 1. The maximum atomic E-state index is 11.6. The molecule has 0 bridgehead atoms. The molecule has 1 saturated heterocycles. The minimum Gasteiger partial charge on any atom is -0.337 e. The molecule has 1 atom stereocenters. The van der Waals surface area contributed by atoms with E-state index in [0.29, 0.717) is 13.0 Å². The summed E-state index contributed by atoms with van der Waals surface area (Å²) in [6.07, 6.45) is 3.64. The predicted octanol–water partition coefficient (Wildman–Crippen LogP) is 0.668. The van der Waals surface area contributed by atoms with Crippen molar-refractivity contribution in [2.45, 2.75) is 38.6 Å². The average Bonchev–Trinajstić information content (AvgIpc) is 2.54. The van der Waals surface area contributed by atoms with Crippen molar-refractivity contribution in [2.75, 3.05) is 13.2 Å². The van der Waals surface area contributed by atoms with Gasteiger partial charge in [-0.15, -0.1) is 0 Å². The summed E-state index contributed by atoms with van der Waals surface area (Å²) in [7, 11) is 0. The van der Waals surface area contributed by atoms with Gasteiger partial charge in [-0.05, 0) is 19.3 Å². The summed E-state index contributed by atoms with van der Waals surface area (Å²) in [6, 6.07) is 0.212. The molecule has 1 aliphatic heterocycles. The summed E-state index contributed by atoms with van der Waals surface area (Å²) >= 11 is 0. The van der Waals surface area contributed by atoms with Crippen LogP contribution in [0.5, 0.6) is 0 Å². The standard InChI is InChI=1S/C9H18N2O2/c1-2-4-9(12)11-6-3-5-8(11)7-13-10/h8H,2-7,10H2,1H3. The Morgan fingerprint density at radius 3 is 3.08 bits per heavy atom. The number of nitrogens with two attached hydrogens (primary N) is 1. The van der Waals surface area contributed by atoms with E-state index in [4.69, 9.17) is 5.90 Å². The number of hydrogen-bond acceptors (Lipinski definition) is 3. The van der Waals surface area contributed by atoms with Gasteiger partial charge < -0.3 is 9.74 Å². The predicted molar refractivity (Wildman–Crippen MR) is 49.8 cm³/mol. The lowest BCUT2D eigenvalue weighted by Crippen LogP contribution is -2.38. The van der Waals surface area contributed by atoms with Gasteiger partial charge in [-0.3, -0.25) is 4.79 Å². The van der Waals surface area contributed by atoms with Crippen LogP contribution in [0.1, 0.15) is 32.6 Å². The quantitative estimate of drug-likeness (QED) is 0.656. The van der Waals surface area contributed by atoms with E-state index >= 15 is 0 Å². The molecular weight excluding hydrogens is 168 g/mol. The molecule has 76 valence electrons. The maximum Gasteiger partial charge on any atom is 0.222 e. The number of carbonyl (C=O) groups is 1. The van der Waals surface area contributed by atoms with Gasteiger partial charge in [0.05, 0.1) is 12.6 Å². The van der Waals surface area contributed by atoms with E-state index in [1.165, 1.54) is 0 Å². The fourth-order valence-electron chi connectivity index (χ4n) is 1.81. The summed E-state index contributed by atoms with van der Waals surface area (Å²) in [5, 5.41) is 0.